The van der Waals surface area contributed by atoms with Crippen LogP contribution in [-0.2, 0) is 0 Å². The van der Waals surface area contributed by atoms with Crippen molar-refractivity contribution in [3.05, 3.63) is 58.1 Å². The minimum atomic E-state index is 0.289. The Kier molecular flexibility index (Phi) is 5.74. The predicted molar refractivity (Wildman–Crippen MR) is 113 cm³/mol. The number of rotatable bonds is 7. The number of benzene rings is 1. The summed E-state index contributed by atoms with van der Waals surface area (Å²) in [5.41, 5.74) is 2.15. The van der Waals surface area contributed by atoms with Gasteiger partial charge in [-0.05, 0) is 37.0 Å². The lowest BCUT2D eigenvalue weighted by Crippen LogP contribution is -2.16. The van der Waals surface area contributed by atoms with Gasteiger partial charge in [0.2, 0.25) is 0 Å². The average molecular weight is 426 g/mol. The molecule has 2 N–H and O–H groups in total. The highest BCUT2D eigenvalue weighted by molar-refractivity contribution is 6.36. The van der Waals surface area contributed by atoms with Gasteiger partial charge in [0, 0.05) is 35.4 Å². The summed E-state index contributed by atoms with van der Waals surface area (Å²) in [6.07, 6.45) is 7.16. The van der Waals surface area contributed by atoms with Gasteiger partial charge in [0.25, 0.3) is 0 Å². The number of anilines is 2. The van der Waals surface area contributed by atoms with Crippen molar-refractivity contribution in [2.75, 3.05) is 23.7 Å². The van der Waals surface area contributed by atoms with Crippen molar-refractivity contribution in [3.8, 4) is 17.5 Å². The van der Waals surface area contributed by atoms with Crippen molar-refractivity contribution in [2.45, 2.75) is 18.8 Å². The summed E-state index contributed by atoms with van der Waals surface area (Å²) >= 11 is 12.3. The summed E-state index contributed by atoms with van der Waals surface area (Å²) in [5.74, 6) is 2.50. The molecule has 0 radical (unpaired) electrons. The average Bonchev–Trinajstić information content (AvgIpc) is 3.57. The fourth-order valence-corrected chi connectivity index (χ4v) is 3.37. The maximum Gasteiger partial charge on any atom is 0.163 e. The zero-order chi connectivity index (χ0) is 20.2. The summed E-state index contributed by atoms with van der Waals surface area (Å²) < 4.78 is 0. The molecule has 0 atom stereocenters. The Morgan fingerprint density at radius 3 is 2.55 bits per heavy atom. The van der Waals surface area contributed by atoms with E-state index in [1.807, 2.05) is 18.3 Å². The third kappa shape index (κ3) is 4.73. The van der Waals surface area contributed by atoms with E-state index in [1.165, 1.54) is 6.20 Å². The van der Waals surface area contributed by atoms with Gasteiger partial charge in [0.05, 0.1) is 17.4 Å². The van der Waals surface area contributed by atoms with Crippen molar-refractivity contribution in [2.24, 2.45) is 0 Å². The van der Waals surface area contributed by atoms with Gasteiger partial charge in [-0.3, -0.25) is 0 Å². The minimum Gasteiger partial charge on any atom is -0.368 e. The number of nitrogens with one attached hydrogen (secondary N) is 2. The molecule has 0 spiro atoms. The minimum absolute atomic E-state index is 0.289. The first-order valence-electron chi connectivity index (χ1n) is 9.16. The zero-order valence-corrected chi connectivity index (χ0v) is 16.9. The maximum atomic E-state index is 8.77. The number of aromatic nitrogens is 4. The molecule has 9 heteroatoms. The molecule has 2 aromatic heterocycles. The van der Waals surface area contributed by atoms with Crippen LogP contribution in [0.2, 0.25) is 10.0 Å². The Morgan fingerprint density at radius 1 is 1.03 bits per heavy atom. The van der Waals surface area contributed by atoms with Gasteiger partial charge >= 0.3 is 0 Å². The summed E-state index contributed by atoms with van der Waals surface area (Å²) in [7, 11) is 0. The van der Waals surface area contributed by atoms with Gasteiger partial charge in [0.15, 0.2) is 11.5 Å². The Hall–Kier alpha value is -2.95. The molecule has 1 aliphatic rings. The first kappa shape index (κ1) is 19.4. The molecule has 0 amide bonds. The highest BCUT2D eigenvalue weighted by Crippen LogP contribution is 2.43. The first-order chi connectivity index (χ1) is 14.1. The summed E-state index contributed by atoms with van der Waals surface area (Å²) in [4.78, 5) is 17.4. The third-order valence-corrected chi connectivity index (χ3v) is 5.04. The Bertz CT molecular complexity index is 1060. The number of hydrogen-bond donors (Lipinski definition) is 2. The maximum absolute atomic E-state index is 8.77. The molecule has 29 heavy (non-hydrogen) atoms. The molecule has 0 bridgehead atoms. The smallest absolute Gasteiger partial charge is 0.163 e. The van der Waals surface area contributed by atoms with Crippen LogP contribution in [0.15, 0.2) is 36.8 Å². The van der Waals surface area contributed by atoms with E-state index in [1.54, 1.807) is 18.3 Å². The van der Waals surface area contributed by atoms with E-state index in [2.05, 4.69) is 25.6 Å². The van der Waals surface area contributed by atoms with Crippen LogP contribution in [-0.4, -0.2) is 33.0 Å². The van der Waals surface area contributed by atoms with Crippen LogP contribution in [0.3, 0.4) is 0 Å². The lowest BCUT2D eigenvalue weighted by atomic mass is 10.1. The SMILES string of the molecule is N#Cc1cnc(NCCNc2nc(-c3ccc(Cl)cc3Cl)ncc2C2CC2)cn1. The molecule has 7 nitrogen and oxygen atoms in total. The number of hydrogen-bond acceptors (Lipinski definition) is 7. The molecule has 1 saturated carbocycles. The van der Waals surface area contributed by atoms with E-state index in [9.17, 15) is 0 Å². The number of halogens is 2. The second kappa shape index (κ2) is 8.60. The first-order valence-corrected chi connectivity index (χ1v) is 9.92. The lowest BCUT2D eigenvalue weighted by Gasteiger charge is -2.13. The molecule has 0 saturated heterocycles. The number of nitrogens with zero attached hydrogens (tertiary/aromatic N) is 5. The van der Waals surface area contributed by atoms with E-state index < -0.39 is 0 Å². The normalized spacial score (nSPS) is 13.0. The van der Waals surface area contributed by atoms with E-state index >= 15 is 0 Å². The van der Waals surface area contributed by atoms with Crippen molar-refractivity contribution in [1.82, 2.24) is 19.9 Å². The van der Waals surface area contributed by atoms with Crippen LogP contribution < -0.4 is 10.6 Å². The fourth-order valence-electron chi connectivity index (χ4n) is 2.87. The topological polar surface area (TPSA) is 99.4 Å². The molecule has 4 rings (SSSR count). The van der Waals surface area contributed by atoms with Crippen LogP contribution >= 0.6 is 23.2 Å². The highest BCUT2D eigenvalue weighted by Gasteiger charge is 2.27. The molecular formula is C20H17Cl2N7. The van der Waals surface area contributed by atoms with Crippen molar-refractivity contribution in [3.63, 3.8) is 0 Å². The molecular weight excluding hydrogens is 409 g/mol. The van der Waals surface area contributed by atoms with E-state index in [4.69, 9.17) is 33.4 Å². The van der Waals surface area contributed by atoms with Gasteiger partial charge < -0.3 is 10.6 Å². The van der Waals surface area contributed by atoms with Crippen molar-refractivity contribution in [1.29, 1.82) is 5.26 Å². The summed E-state index contributed by atoms with van der Waals surface area (Å²) in [6.45, 7) is 1.25. The quantitative estimate of drug-likeness (QED) is 0.536. The number of nitriles is 1. The van der Waals surface area contributed by atoms with Gasteiger partial charge in [-0.15, -0.1) is 0 Å². The molecule has 146 valence electrons. The van der Waals surface area contributed by atoms with Gasteiger partial charge in [-0.2, -0.15) is 5.26 Å². The molecule has 3 aromatic rings. The van der Waals surface area contributed by atoms with Crippen LogP contribution in [0, 0.1) is 11.3 Å². The Balaban J connectivity index is 1.45. The monoisotopic (exact) mass is 425 g/mol. The zero-order valence-electron chi connectivity index (χ0n) is 15.4. The van der Waals surface area contributed by atoms with Crippen LogP contribution in [0.4, 0.5) is 11.6 Å². The Morgan fingerprint density at radius 2 is 1.86 bits per heavy atom. The Labute approximate surface area is 178 Å². The predicted octanol–water partition coefficient (Wildman–Crippen LogP) is 4.51. The highest BCUT2D eigenvalue weighted by atomic mass is 35.5. The largest absolute Gasteiger partial charge is 0.368 e. The van der Waals surface area contributed by atoms with E-state index in [-0.39, 0.29) is 5.69 Å². The van der Waals surface area contributed by atoms with Crippen molar-refractivity contribution < 1.29 is 0 Å². The van der Waals surface area contributed by atoms with Gasteiger partial charge in [0.1, 0.15) is 17.7 Å². The summed E-state index contributed by atoms with van der Waals surface area (Å²) in [5, 5.41) is 16.4. The van der Waals surface area contributed by atoms with Crippen LogP contribution in [0.25, 0.3) is 11.4 Å². The van der Waals surface area contributed by atoms with E-state index in [0.29, 0.717) is 40.7 Å². The third-order valence-electron chi connectivity index (χ3n) is 4.50. The lowest BCUT2D eigenvalue weighted by molar-refractivity contribution is 0.991. The molecule has 1 aliphatic carbocycles. The standard InChI is InChI=1S/C20H17Cl2N7/c21-13-3-4-15(17(22)7-13)19-28-10-16(12-1-2-12)20(29-19)25-6-5-24-18-11-26-14(8-23)9-27-18/h3-4,7,9-12H,1-2,5-6H2,(H,24,27)(H,25,28,29). The van der Waals surface area contributed by atoms with Crippen LogP contribution in [0.1, 0.15) is 30.0 Å². The molecule has 0 aliphatic heterocycles. The molecule has 1 aromatic carbocycles. The van der Waals surface area contributed by atoms with E-state index in [0.717, 1.165) is 29.8 Å². The van der Waals surface area contributed by atoms with Crippen molar-refractivity contribution >= 4 is 34.8 Å². The second-order valence-electron chi connectivity index (χ2n) is 6.65. The molecule has 1 fully saturated rings. The van der Waals surface area contributed by atoms with Gasteiger partial charge in [-0.1, -0.05) is 23.2 Å². The van der Waals surface area contributed by atoms with Gasteiger partial charge in [-0.25, -0.2) is 19.9 Å². The van der Waals surface area contributed by atoms with Crippen LogP contribution in [0.5, 0.6) is 0 Å². The molecule has 0 unspecified atom stereocenters. The fraction of sp³-hybridized carbons (Fsp3) is 0.250. The molecule has 2 heterocycles. The summed E-state index contributed by atoms with van der Waals surface area (Å²) in [6, 6.07) is 7.23. The second-order valence-corrected chi connectivity index (χ2v) is 7.49.